The van der Waals surface area contributed by atoms with Crippen LogP contribution in [-0.2, 0) is 9.53 Å². The fraction of sp³-hybridized carbons (Fsp3) is 0.308. The Kier molecular flexibility index (Phi) is 2.95. The molecule has 3 heteroatoms. The van der Waals surface area contributed by atoms with Gasteiger partial charge in [-0.1, -0.05) is 50.3 Å². The third-order valence-corrected chi connectivity index (χ3v) is 2.33. The minimum Gasteiger partial charge on any atom is -0.433 e. The largest absolute Gasteiger partial charge is 0.433 e. The van der Waals surface area contributed by atoms with E-state index in [-0.39, 0.29) is 12.2 Å². The van der Waals surface area contributed by atoms with Gasteiger partial charge >= 0.3 is 5.97 Å². The van der Waals surface area contributed by atoms with Gasteiger partial charge in [0.15, 0.2) is 6.23 Å². The molecule has 1 heterocycles. The molecule has 0 spiro atoms. The highest BCUT2D eigenvalue weighted by Crippen LogP contribution is 2.23. The molecule has 0 aromatic heterocycles. The number of rotatable bonds is 2. The van der Waals surface area contributed by atoms with E-state index in [0.29, 0.717) is 11.6 Å². The molecule has 1 fully saturated rings. The Labute approximate surface area is 95.1 Å². The molecule has 2 rings (SSSR count). The lowest BCUT2D eigenvalue weighted by Gasteiger charge is -2.08. The number of benzene rings is 1. The van der Waals surface area contributed by atoms with E-state index in [2.05, 4.69) is 5.32 Å². The molecule has 1 aromatic rings. The molecule has 0 bridgehead atoms. The Morgan fingerprint density at radius 2 is 2.00 bits per heavy atom. The van der Waals surface area contributed by atoms with Crippen LogP contribution >= 0.6 is 0 Å². The summed E-state index contributed by atoms with van der Waals surface area (Å²) in [6.07, 6.45) is 1.53. The maximum absolute atomic E-state index is 11.5. The van der Waals surface area contributed by atoms with Gasteiger partial charge in [0.25, 0.3) is 0 Å². The molecule has 0 unspecified atom stereocenters. The summed E-state index contributed by atoms with van der Waals surface area (Å²) in [5.74, 6) is 0.0483. The van der Waals surface area contributed by atoms with E-state index in [1.54, 1.807) is 0 Å². The van der Waals surface area contributed by atoms with Gasteiger partial charge < -0.3 is 10.1 Å². The molecule has 0 radical (unpaired) electrons. The maximum atomic E-state index is 11.5. The van der Waals surface area contributed by atoms with Gasteiger partial charge in [-0.3, -0.25) is 0 Å². The molecule has 0 aliphatic carbocycles. The second kappa shape index (κ2) is 4.39. The minimum absolute atomic E-state index is 0.275. The normalized spacial score (nSPS) is 22.3. The van der Waals surface area contributed by atoms with E-state index in [9.17, 15) is 4.79 Å². The molecule has 0 saturated carbocycles. The van der Waals surface area contributed by atoms with Crippen molar-refractivity contribution in [2.24, 2.45) is 5.92 Å². The molecular weight excluding hydrogens is 202 g/mol. The fourth-order valence-corrected chi connectivity index (χ4v) is 1.63. The fourth-order valence-electron chi connectivity index (χ4n) is 1.63. The number of nitrogens with one attached hydrogen (secondary N) is 1. The number of hydrogen-bond donors (Lipinski definition) is 1. The first kappa shape index (κ1) is 10.7. The summed E-state index contributed by atoms with van der Waals surface area (Å²) in [4.78, 5) is 11.5. The van der Waals surface area contributed by atoms with E-state index in [1.807, 2.05) is 50.3 Å². The zero-order valence-electron chi connectivity index (χ0n) is 9.44. The lowest BCUT2D eigenvalue weighted by molar-refractivity contribution is -0.139. The minimum atomic E-state index is -0.348. The third-order valence-electron chi connectivity index (χ3n) is 2.33. The van der Waals surface area contributed by atoms with E-state index in [4.69, 9.17) is 4.74 Å². The molecule has 1 atom stereocenters. The second-order valence-corrected chi connectivity index (χ2v) is 4.16. The lowest BCUT2D eigenvalue weighted by Crippen LogP contribution is -2.13. The predicted molar refractivity (Wildman–Crippen MR) is 61.3 cm³/mol. The van der Waals surface area contributed by atoms with Crippen molar-refractivity contribution in [1.82, 2.24) is 5.32 Å². The van der Waals surface area contributed by atoms with Crippen LogP contribution < -0.4 is 5.32 Å². The van der Waals surface area contributed by atoms with E-state index >= 15 is 0 Å². The molecule has 1 saturated heterocycles. The number of esters is 1. The predicted octanol–water partition coefficient (Wildman–Crippen LogP) is 2.37. The van der Waals surface area contributed by atoms with Crippen LogP contribution in [-0.4, -0.2) is 5.97 Å². The van der Waals surface area contributed by atoms with Gasteiger partial charge in [-0.15, -0.1) is 0 Å². The second-order valence-electron chi connectivity index (χ2n) is 4.16. The standard InChI is InChI=1S/C13H15NO2/c1-9(2)8-11-13(15)16-12(14-11)10-6-4-3-5-7-10/h3-9,12,14H,1-2H3/b11-8-/t12-/m0/s1. The summed E-state index contributed by atoms with van der Waals surface area (Å²) in [5, 5.41) is 3.08. The van der Waals surface area contributed by atoms with Crippen LogP contribution in [0.3, 0.4) is 0 Å². The molecule has 1 aliphatic heterocycles. The smallest absolute Gasteiger partial charge is 0.356 e. The van der Waals surface area contributed by atoms with Crippen molar-refractivity contribution >= 4 is 5.97 Å². The van der Waals surface area contributed by atoms with Crippen molar-refractivity contribution in [3.05, 3.63) is 47.7 Å². The highest BCUT2D eigenvalue weighted by Gasteiger charge is 2.28. The van der Waals surface area contributed by atoms with Crippen molar-refractivity contribution in [2.75, 3.05) is 0 Å². The van der Waals surface area contributed by atoms with Gasteiger partial charge in [0.2, 0.25) is 0 Å². The van der Waals surface area contributed by atoms with Crippen LogP contribution in [0.4, 0.5) is 0 Å². The zero-order valence-corrected chi connectivity index (χ0v) is 9.44. The lowest BCUT2D eigenvalue weighted by atomic mass is 10.2. The number of cyclic esters (lactones) is 1. The molecule has 16 heavy (non-hydrogen) atoms. The van der Waals surface area contributed by atoms with Crippen molar-refractivity contribution in [1.29, 1.82) is 0 Å². The first-order valence-corrected chi connectivity index (χ1v) is 5.41. The number of hydrogen-bond acceptors (Lipinski definition) is 3. The van der Waals surface area contributed by atoms with E-state index in [1.165, 1.54) is 0 Å². The Morgan fingerprint density at radius 1 is 1.31 bits per heavy atom. The topological polar surface area (TPSA) is 38.3 Å². The van der Waals surface area contributed by atoms with Crippen molar-refractivity contribution < 1.29 is 9.53 Å². The van der Waals surface area contributed by atoms with Crippen molar-refractivity contribution in [3.8, 4) is 0 Å². The molecule has 1 aromatic carbocycles. The quantitative estimate of drug-likeness (QED) is 0.610. The molecule has 0 amide bonds. The van der Waals surface area contributed by atoms with Crippen molar-refractivity contribution in [3.63, 3.8) is 0 Å². The Morgan fingerprint density at radius 3 is 2.62 bits per heavy atom. The summed E-state index contributed by atoms with van der Waals surface area (Å²) in [6.45, 7) is 4.05. The zero-order chi connectivity index (χ0) is 11.5. The van der Waals surface area contributed by atoms with Gasteiger partial charge in [0.05, 0.1) is 0 Å². The Hall–Kier alpha value is -1.77. The molecular formula is C13H15NO2. The summed E-state index contributed by atoms with van der Waals surface area (Å²) >= 11 is 0. The van der Waals surface area contributed by atoms with Gasteiger partial charge in [-0.25, -0.2) is 4.79 Å². The average Bonchev–Trinajstić information content (AvgIpc) is 2.61. The van der Waals surface area contributed by atoms with Crippen LogP contribution in [0.2, 0.25) is 0 Å². The summed E-state index contributed by atoms with van der Waals surface area (Å²) in [5.41, 5.74) is 1.52. The number of carbonyl (C=O) groups is 1. The van der Waals surface area contributed by atoms with E-state index < -0.39 is 0 Å². The maximum Gasteiger partial charge on any atom is 0.356 e. The van der Waals surface area contributed by atoms with E-state index in [0.717, 1.165) is 5.56 Å². The van der Waals surface area contributed by atoms with Gasteiger partial charge in [0, 0.05) is 5.56 Å². The van der Waals surface area contributed by atoms with Crippen molar-refractivity contribution in [2.45, 2.75) is 20.1 Å². The SMILES string of the molecule is CC(C)/C=C1\N[C@H](c2ccccc2)OC1=O. The summed E-state index contributed by atoms with van der Waals surface area (Å²) in [6, 6.07) is 9.65. The Balaban J connectivity index is 2.16. The highest BCUT2D eigenvalue weighted by molar-refractivity contribution is 5.89. The van der Waals surface area contributed by atoms with Gasteiger partial charge in [-0.2, -0.15) is 0 Å². The monoisotopic (exact) mass is 217 g/mol. The van der Waals surface area contributed by atoms with Gasteiger partial charge in [0.1, 0.15) is 5.70 Å². The molecule has 1 aliphatic rings. The average molecular weight is 217 g/mol. The van der Waals surface area contributed by atoms with Crippen LogP contribution in [0, 0.1) is 5.92 Å². The highest BCUT2D eigenvalue weighted by atomic mass is 16.6. The first-order chi connectivity index (χ1) is 7.66. The number of allylic oxidation sites excluding steroid dienone is 1. The summed E-state index contributed by atoms with van der Waals surface area (Å²) < 4.78 is 5.24. The van der Waals surface area contributed by atoms with Crippen LogP contribution in [0.25, 0.3) is 0 Å². The first-order valence-electron chi connectivity index (χ1n) is 5.41. The molecule has 84 valence electrons. The van der Waals surface area contributed by atoms with Crippen LogP contribution in [0.1, 0.15) is 25.6 Å². The summed E-state index contributed by atoms with van der Waals surface area (Å²) in [7, 11) is 0. The number of ether oxygens (including phenoxy) is 1. The third kappa shape index (κ3) is 2.24. The molecule has 3 nitrogen and oxygen atoms in total. The Bertz CT molecular complexity index is 409. The van der Waals surface area contributed by atoms with Crippen LogP contribution in [0.5, 0.6) is 0 Å². The van der Waals surface area contributed by atoms with Gasteiger partial charge in [-0.05, 0) is 5.92 Å². The van der Waals surface area contributed by atoms with Crippen LogP contribution in [0.15, 0.2) is 42.1 Å². The number of carbonyl (C=O) groups excluding carboxylic acids is 1. The molecule has 1 N–H and O–H groups in total.